The molecule has 1 atom stereocenters. The van der Waals surface area contributed by atoms with Crippen LogP contribution < -0.4 is 4.74 Å². The number of aliphatic hydroxyl groups is 1. The van der Waals surface area contributed by atoms with Crippen molar-refractivity contribution in [1.82, 2.24) is 9.88 Å². The number of Topliss-reactive ketones (excluding diaryl/α,β-unsaturated/α-hetero) is 1. The van der Waals surface area contributed by atoms with Crippen LogP contribution in [0.15, 0.2) is 78.6 Å². The monoisotopic (exact) mass is 434 g/mol. The first-order chi connectivity index (χ1) is 15.0. The van der Waals surface area contributed by atoms with Gasteiger partial charge >= 0.3 is 0 Å². The van der Waals surface area contributed by atoms with E-state index in [-0.39, 0.29) is 17.9 Å². The Kier molecular flexibility index (Phi) is 5.73. The number of carbonyl (C=O) groups is 2. The molecule has 1 aromatic heterocycles. The van der Waals surface area contributed by atoms with E-state index < -0.39 is 17.7 Å². The molecule has 4 rings (SSSR count). The average Bonchev–Trinajstić information content (AvgIpc) is 3.05. The molecule has 1 aliphatic heterocycles. The third kappa shape index (κ3) is 4.02. The van der Waals surface area contributed by atoms with E-state index in [1.165, 1.54) is 4.90 Å². The largest absolute Gasteiger partial charge is 0.507 e. The maximum atomic E-state index is 13.0. The zero-order chi connectivity index (χ0) is 22.0. The fraction of sp³-hybridized carbons (Fsp3) is 0.125. The Labute approximate surface area is 184 Å². The van der Waals surface area contributed by atoms with Gasteiger partial charge in [0, 0.05) is 29.5 Å². The highest BCUT2D eigenvalue weighted by Crippen LogP contribution is 2.41. The fourth-order valence-electron chi connectivity index (χ4n) is 3.65. The predicted octanol–water partition coefficient (Wildman–Crippen LogP) is 4.37. The Bertz CT molecular complexity index is 1160. The topological polar surface area (TPSA) is 79.7 Å². The molecule has 3 aromatic rings. The van der Waals surface area contributed by atoms with Crippen molar-refractivity contribution in [2.75, 3.05) is 7.11 Å². The third-order valence-corrected chi connectivity index (χ3v) is 5.39. The van der Waals surface area contributed by atoms with Crippen LogP contribution in [0.2, 0.25) is 5.02 Å². The highest BCUT2D eigenvalue weighted by atomic mass is 35.5. The Morgan fingerprint density at radius 2 is 1.90 bits per heavy atom. The minimum absolute atomic E-state index is 0.0180. The number of methoxy groups -OCH3 is 1. The van der Waals surface area contributed by atoms with Crippen LogP contribution in [0.4, 0.5) is 0 Å². The van der Waals surface area contributed by atoms with Gasteiger partial charge in [-0.3, -0.25) is 14.6 Å². The van der Waals surface area contributed by atoms with E-state index in [9.17, 15) is 14.7 Å². The summed E-state index contributed by atoms with van der Waals surface area (Å²) in [5.74, 6) is -1.11. The van der Waals surface area contributed by atoms with Gasteiger partial charge in [0.25, 0.3) is 11.7 Å². The van der Waals surface area contributed by atoms with Gasteiger partial charge in [-0.25, -0.2) is 0 Å². The number of nitrogens with zero attached hydrogens (tertiary/aromatic N) is 2. The van der Waals surface area contributed by atoms with Crippen LogP contribution in [0.1, 0.15) is 22.7 Å². The van der Waals surface area contributed by atoms with E-state index >= 15 is 0 Å². The van der Waals surface area contributed by atoms with Crippen LogP contribution in [-0.4, -0.2) is 33.8 Å². The lowest BCUT2D eigenvalue weighted by molar-refractivity contribution is -0.140. The van der Waals surface area contributed by atoms with Gasteiger partial charge in [-0.05, 0) is 53.6 Å². The normalized spacial score (nSPS) is 17.7. The van der Waals surface area contributed by atoms with E-state index in [0.29, 0.717) is 21.9 Å². The van der Waals surface area contributed by atoms with Crippen molar-refractivity contribution < 1.29 is 19.4 Å². The first kappa shape index (κ1) is 20.6. The van der Waals surface area contributed by atoms with Gasteiger partial charge in [-0.15, -0.1) is 0 Å². The van der Waals surface area contributed by atoms with Crippen LogP contribution in [0.25, 0.3) is 5.76 Å². The summed E-state index contributed by atoms with van der Waals surface area (Å²) in [5, 5.41) is 11.5. The number of hydrogen-bond acceptors (Lipinski definition) is 5. The number of carbonyl (C=O) groups excluding carboxylic acids is 2. The fourth-order valence-corrected chi connectivity index (χ4v) is 3.78. The molecule has 2 aromatic carbocycles. The molecular formula is C24H19ClN2O4. The maximum absolute atomic E-state index is 13.0. The summed E-state index contributed by atoms with van der Waals surface area (Å²) >= 11 is 5.95. The average molecular weight is 435 g/mol. The highest BCUT2D eigenvalue weighted by molar-refractivity contribution is 6.46. The van der Waals surface area contributed by atoms with Crippen molar-refractivity contribution >= 4 is 29.1 Å². The molecule has 0 radical (unpaired) electrons. The summed E-state index contributed by atoms with van der Waals surface area (Å²) in [7, 11) is 1.54. The number of halogens is 1. The molecule has 0 spiro atoms. The molecule has 156 valence electrons. The Morgan fingerprint density at radius 3 is 2.58 bits per heavy atom. The second-order valence-corrected chi connectivity index (χ2v) is 7.51. The number of ketones is 1. The Morgan fingerprint density at radius 1 is 1.13 bits per heavy atom. The summed E-state index contributed by atoms with van der Waals surface area (Å²) in [5.41, 5.74) is 1.84. The first-order valence-electron chi connectivity index (χ1n) is 9.57. The van der Waals surface area contributed by atoms with Gasteiger partial charge in [0.1, 0.15) is 11.5 Å². The lowest BCUT2D eigenvalue weighted by Crippen LogP contribution is -2.29. The van der Waals surface area contributed by atoms with Crippen LogP contribution in [-0.2, 0) is 16.1 Å². The number of hydrogen-bond donors (Lipinski definition) is 1. The second kappa shape index (κ2) is 8.62. The van der Waals surface area contributed by atoms with Crippen molar-refractivity contribution in [2.45, 2.75) is 12.6 Å². The van der Waals surface area contributed by atoms with Crippen molar-refractivity contribution in [3.8, 4) is 5.75 Å². The quantitative estimate of drug-likeness (QED) is 0.366. The number of rotatable bonds is 5. The van der Waals surface area contributed by atoms with Crippen molar-refractivity contribution in [1.29, 1.82) is 0 Å². The van der Waals surface area contributed by atoms with Gasteiger partial charge < -0.3 is 14.7 Å². The molecule has 6 nitrogen and oxygen atoms in total. The Balaban J connectivity index is 1.87. The lowest BCUT2D eigenvalue weighted by Gasteiger charge is -2.25. The minimum Gasteiger partial charge on any atom is -0.507 e. The first-order valence-corrected chi connectivity index (χ1v) is 9.94. The zero-order valence-corrected chi connectivity index (χ0v) is 17.4. The van der Waals surface area contributed by atoms with E-state index in [4.69, 9.17) is 16.3 Å². The number of amides is 1. The van der Waals surface area contributed by atoms with Crippen LogP contribution in [0, 0.1) is 0 Å². The van der Waals surface area contributed by atoms with Crippen molar-refractivity contribution in [3.63, 3.8) is 0 Å². The number of likely N-dealkylation sites (tertiary alicyclic amines) is 1. The van der Waals surface area contributed by atoms with Crippen molar-refractivity contribution in [3.05, 3.63) is 100 Å². The minimum atomic E-state index is -0.786. The number of ether oxygens (including phenoxy) is 1. The van der Waals surface area contributed by atoms with Gasteiger partial charge in [0.2, 0.25) is 0 Å². The van der Waals surface area contributed by atoms with E-state index in [2.05, 4.69) is 4.98 Å². The predicted molar refractivity (Wildman–Crippen MR) is 117 cm³/mol. The molecule has 0 bridgehead atoms. The Hall–Kier alpha value is -3.64. The molecule has 0 aliphatic carbocycles. The maximum Gasteiger partial charge on any atom is 0.295 e. The summed E-state index contributed by atoms with van der Waals surface area (Å²) in [6, 6.07) is 16.3. The smallest absolute Gasteiger partial charge is 0.295 e. The zero-order valence-electron chi connectivity index (χ0n) is 16.7. The third-order valence-electron chi connectivity index (χ3n) is 5.14. The van der Waals surface area contributed by atoms with E-state index in [0.717, 1.165) is 5.56 Å². The van der Waals surface area contributed by atoms with Gasteiger partial charge in [0.05, 0.1) is 18.7 Å². The molecule has 2 heterocycles. The van der Waals surface area contributed by atoms with Crippen LogP contribution in [0.5, 0.6) is 5.75 Å². The van der Waals surface area contributed by atoms with Gasteiger partial charge in [-0.1, -0.05) is 29.8 Å². The van der Waals surface area contributed by atoms with Crippen LogP contribution in [0.3, 0.4) is 0 Å². The molecule has 1 amide bonds. The molecule has 1 N–H and O–H groups in total. The summed E-state index contributed by atoms with van der Waals surface area (Å²) in [4.78, 5) is 31.6. The van der Waals surface area contributed by atoms with Gasteiger partial charge in [-0.2, -0.15) is 0 Å². The molecule has 1 saturated heterocycles. The van der Waals surface area contributed by atoms with E-state index in [1.807, 2.05) is 6.07 Å². The number of pyridine rings is 1. The standard InChI is InChI=1S/C24H19ClN2O4/c1-31-19-6-2-5-17(12-19)21-20(22(28)16-7-9-18(25)10-8-16)23(29)24(30)27(21)14-15-4-3-11-26-13-15/h2-13,21,28H,14H2,1H3/b22-20+/t21-/m1/s1. The second-order valence-electron chi connectivity index (χ2n) is 7.07. The SMILES string of the molecule is COc1cccc([C@@H]2/C(=C(\O)c3ccc(Cl)cc3)C(=O)C(=O)N2Cc2cccnc2)c1. The summed E-state index contributed by atoms with van der Waals surface area (Å²) in [6.07, 6.45) is 3.28. The summed E-state index contributed by atoms with van der Waals surface area (Å²) < 4.78 is 5.32. The van der Waals surface area contributed by atoms with Crippen LogP contribution >= 0.6 is 11.6 Å². The summed E-state index contributed by atoms with van der Waals surface area (Å²) in [6.45, 7) is 0.164. The van der Waals surface area contributed by atoms with Gasteiger partial charge in [0.15, 0.2) is 0 Å². The lowest BCUT2D eigenvalue weighted by atomic mass is 9.95. The van der Waals surface area contributed by atoms with E-state index in [1.54, 1.807) is 74.1 Å². The number of aliphatic hydroxyl groups excluding tert-OH is 1. The number of aromatic nitrogens is 1. The molecule has 1 aliphatic rings. The molecule has 7 heteroatoms. The molecule has 1 fully saturated rings. The molecular weight excluding hydrogens is 416 g/mol. The molecule has 0 saturated carbocycles. The number of benzene rings is 2. The highest BCUT2D eigenvalue weighted by Gasteiger charge is 2.46. The molecule has 0 unspecified atom stereocenters. The molecule has 31 heavy (non-hydrogen) atoms. The van der Waals surface area contributed by atoms with Crippen molar-refractivity contribution in [2.24, 2.45) is 0 Å².